The molecule has 0 radical (unpaired) electrons. The van der Waals surface area contributed by atoms with Crippen molar-refractivity contribution in [1.29, 1.82) is 0 Å². The maximum absolute atomic E-state index is 12.4. The van der Waals surface area contributed by atoms with Crippen LogP contribution in [0.1, 0.15) is 31.4 Å². The van der Waals surface area contributed by atoms with Crippen LogP contribution in [-0.4, -0.2) is 33.9 Å². The molecule has 170 valence electrons. The monoisotopic (exact) mass is 443 g/mol. The molecule has 1 atom stereocenters. The topological polar surface area (TPSA) is 58.3 Å². The van der Waals surface area contributed by atoms with Gasteiger partial charge in [-0.15, -0.1) is 0 Å². The number of hydrogen-bond acceptors (Lipinski definition) is 4. The minimum absolute atomic E-state index is 0.129. The minimum atomic E-state index is -0.129. The van der Waals surface area contributed by atoms with Crippen LogP contribution in [-0.2, 0) is 11.8 Å². The predicted octanol–water partition coefficient (Wildman–Crippen LogP) is 4.82. The molecule has 6 heteroatoms. The Morgan fingerprint density at radius 1 is 1.09 bits per heavy atom. The molecule has 0 unspecified atom stereocenters. The maximum atomic E-state index is 12.4. The fraction of sp³-hybridized carbons (Fsp3) is 0.333. The van der Waals surface area contributed by atoms with Crippen molar-refractivity contribution in [3.63, 3.8) is 0 Å². The molecule has 4 aromatic rings. The first-order chi connectivity index (χ1) is 16.2. The summed E-state index contributed by atoms with van der Waals surface area (Å²) in [6.45, 7) is 3.93. The van der Waals surface area contributed by atoms with E-state index in [9.17, 15) is 4.79 Å². The first-order valence-corrected chi connectivity index (χ1v) is 11.6. The summed E-state index contributed by atoms with van der Waals surface area (Å²) in [6.07, 6.45) is 5.88. The van der Waals surface area contributed by atoms with Gasteiger partial charge in [0.05, 0.1) is 30.0 Å². The quantitative estimate of drug-likeness (QED) is 0.429. The maximum Gasteiger partial charge on any atom is 0.292 e. The molecular formula is C27H29N3O3. The number of aryl methyl sites for hydroxylation is 1. The number of aromatic nitrogens is 3. The highest BCUT2D eigenvalue weighted by molar-refractivity contribution is 5.82. The Balaban J connectivity index is 1.63. The summed E-state index contributed by atoms with van der Waals surface area (Å²) >= 11 is 0. The van der Waals surface area contributed by atoms with Crippen molar-refractivity contribution in [3.05, 3.63) is 83.0 Å². The average Bonchev–Trinajstić information content (AvgIpc) is 3.26. The van der Waals surface area contributed by atoms with Crippen LogP contribution >= 0.6 is 0 Å². The number of nitrogens with zero attached hydrogens (tertiary/aromatic N) is 3. The number of imidazole rings is 1. The van der Waals surface area contributed by atoms with Gasteiger partial charge in [0.25, 0.3) is 5.56 Å². The van der Waals surface area contributed by atoms with Crippen molar-refractivity contribution in [1.82, 2.24) is 14.1 Å². The van der Waals surface area contributed by atoms with Crippen molar-refractivity contribution in [2.45, 2.75) is 25.8 Å². The molecule has 0 bridgehead atoms. The summed E-state index contributed by atoms with van der Waals surface area (Å²) < 4.78 is 15.1. The van der Waals surface area contributed by atoms with E-state index < -0.39 is 0 Å². The van der Waals surface area contributed by atoms with E-state index in [1.54, 1.807) is 11.6 Å². The lowest BCUT2D eigenvalue weighted by atomic mass is 9.86. The van der Waals surface area contributed by atoms with Gasteiger partial charge >= 0.3 is 0 Å². The minimum Gasteiger partial charge on any atom is -0.488 e. The van der Waals surface area contributed by atoms with E-state index in [-0.39, 0.29) is 11.6 Å². The molecule has 0 saturated carbocycles. The lowest BCUT2D eigenvalue weighted by Gasteiger charge is -2.32. The van der Waals surface area contributed by atoms with Gasteiger partial charge in [-0.05, 0) is 55.0 Å². The van der Waals surface area contributed by atoms with Crippen LogP contribution in [0, 0.1) is 5.92 Å². The molecule has 33 heavy (non-hydrogen) atoms. The molecule has 1 aliphatic rings. The Hall–Kier alpha value is -3.38. The molecule has 2 aromatic heterocycles. The molecule has 0 N–H and O–H groups in total. The van der Waals surface area contributed by atoms with E-state index in [1.165, 1.54) is 5.56 Å². The summed E-state index contributed by atoms with van der Waals surface area (Å²) in [5, 5.41) is 0. The van der Waals surface area contributed by atoms with Crippen LogP contribution in [0.5, 0.6) is 5.75 Å². The Labute approximate surface area is 193 Å². The van der Waals surface area contributed by atoms with E-state index in [2.05, 4.69) is 53.1 Å². The smallest absolute Gasteiger partial charge is 0.292 e. The zero-order valence-electron chi connectivity index (χ0n) is 19.1. The Kier molecular flexibility index (Phi) is 6.01. The molecule has 1 fully saturated rings. The van der Waals surface area contributed by atoms with E-state index in [0.717, 1.165) is 48.2 Å². The SMILES string of the molecule is CCOc1cc(-c2ccc3ncn([C@@H](c4ccccc4)C4CCOCC4)c3c2)cn(C)c1=O. The van der Waals surface area contributed by atoms with E-state index in [1.807, 2.05) is 25.5 Å². The molecular weight excluding hydrogens is 414 g/mol. The lowest BCUT2D eigenvalue weighted by Crippen LogP contribution is -2.26. The molecule has 6 nitrogen and oxygen atoms in total. The van der Waals surface area contributed by atoms with Gasteiger partial charge in [0.1, 0.15) is 0 Å². The molecule has 1 aliphatic heterocycles. The van der Waals surface area contributed by atoms with Gasteiger partial charge in [0, 0.05) is 32.0 Å². The summed E-state index contributed by atoms with van der Waals surface area (Å²) in [7, 11) is 1.76. The number of hydrogen-bond donors (Lipinski definition) is 0. The highest BCUT2D eigenvalue weighted by Crippen LogP contribution is 2.36. The molecule has 2 aromatic carbocycles. The first kappa shape index (κ1) is 21.5. The molecule has 0 aliphatic carbocycles. The standard InChI is InChI=1S/C27H29N3O3/c1-3-33-25-16-22(17-29(2)27(25)31)21-9-10-23-24(15-21)30(18-28-23)26(19-7-5-4-6-8-19)20-11-13-32-14-12-20/h4-10,15-18,20,26H,3,11-14H2,1-2H3/t26-/m0/s1. The third kappa shape index (κ3) is 4.18. The van der Waals surface area contributed by atoms with E-state index in [0.29, 0.717) is 18.3 Å². The highest BCUT2D eigenvalue weighted by Gasteiger charge is 2.28. The van der Waals surface area contributed by atoms with Crippen LogP contribution < -0.4 is 10.3 Å². The third-order valence-electron chi connectivity index (χ3n) is 6.51. The van der Waals surface area contributed by atoms with Gasteiger partial charge in [-0.25, -0.2) is 4.98 Å². The predicted molar refractivity (Wildman–Crippen MR) is 130 cm³/mol. The van der Waals surface area contributed by atoms with E-state index >= 15 is 0 Å². The van der Waals surface area contributed by atoms with Crippen LogP contribution in [0.4, 0.5) is 0 Å². The van der Waals surface area contributed by atoms with Crippen molar-refractivity contribution in [2.24, 2.45) is 13.0 Å². The molecule has 1 saturated heterocycles. The highest BCUT2D eigenvalue weighted by atomic mass is 16.5. The lowest BCUT2D eigenvalue weighted by molar-refractivity contribution is 0.0547. The summed E-state index contributed by atoms with van der Waals surface area (Å²) in [5.41, 5.74) is 5.17. The first-order valence-electron chi connectivity index (χ1n) is 11.6. The largest absolute Gasteiger partial charge is 0.488 e. The van der Waals surface area contributed by atoms with E-state index in [4.69, 9.17) is 14.5 Å². The Morgan fingerprint density at radius 3 is 2.64 bits per heavy atom. The number of rotatable bonds is 6. The second-order valence-electron chi connectivity index (χ2n) is 8.60. The summed E-state index contributed by atoms with van der Waals surface area (Å²) in [6, 6.07) is 19.0. The molecule has 0 amide bonds. The second kappa shape index (κ2) is 9.24. The van der Waals surface area contributed by atoms with Gasteiger partial charge in [-0.2, -0.15) is 0 Å². The van der Waals surface area contributed by atoms with Crippen molar-refractivity contribution in [2.75, 3.05) is 19.8 Å². The Morgan fingerprint density at radius 2 is 1.88 bits per heavy atom. The molecule has 5 rings (SSSR count). The number of benzene rings is 2. The third-order valence-corrected chi connectivity index (χ3v) is 6.51. The van der Waals surface area contributed by atoms with Gasteiger partial charge < -0.3 is 18.6 Å². The molecule has 0 spiro atoms. The van der Waals surface area contributed by atoms with Crippen molar-refractivity contribution in [3.8, 4) is 16.9 Å². The zero-order chi connectivity index (χ0) is 22.8. The number of ether oxygens (including phenoxy) is 2. The van der Waals surface area contributed by atoms with Gasteiger partial charge in [0.15, 0.2) is 5.75 Å². The number of fused-ring (bicyclic) bond motifs is 1. The fourth-order valence-electron chi connectivity index (χ4n) is 4.87. The summed E-state index contributed by atoms with van der Waals surface area (Å²) in [4.78, 5) is 17.1. The number of pyridine rings is 1. The van der Waals surface area contributed by atoms with Crippen LogP contribution in [0.25, 0.3) is 22.2 Å². The Bertz CT molecular complexity index is 1300. The second-order valence-corrected chi connectivity index (χ2v) is 8.60. The van der Waals surface area contributed by atoms with Gasteiger partial charge in [-0.3, -0.25) is 4.79 Å². The van der Waals surface area contributed by atoms with Crippen LogP contribution in [0.3, 0.4) is 0 Å². The van der Waals surface area contributed by atoms with Gasteiger partial charge in [-0.1, -0.05) is 36.4 Å². The molecule has 3 heterocycles. The zero-order valence-corrected chi connectivity index (χ0v) is 19.1. The van der Waals surface area contributed by atoms with Crippen LogP contribution in [0.15, 0.2) is 71.9 Å². The summed E-state index contributed by atoms with van der Waals surface area (Å²) in [5.74, 6) is 0.847. The van der Waals surface area contributed by atoms with Crippen molar-refractivity contribution < 1.29 is 9.47 Å². The fourth-order valence-corrected chi connectivity index (χ4v) is 4.87. The normalized spacial score (nSPS) is 15.6. The average molecular weight is 444 g/mol. The van der Waals surface area contributed by atoms with Crippen molar-refractivity contribution >= 4 is 11.0 Å². The van der Waals surface area contributed by atoms with Gasteiger partial charge in [0.2, 0.25) is 0 Å². The van der Waals surface area contributed by atoms with Crippen LogP contribution in [0.2, 0.25) is 0 Å².